The van der Waals surface area contributed by atoms with Crippen LogP contribution in [0.2, 0.25) is 0 Å². The van der Waals surface area contributed by atoms with Crippen LogP contribution in [0.15, 0.2) is 18.2 Å². The predicted molar refractivity (Wildman–Crippen MR) is 50.1 cm³/mol. The van der Waals surface area contributed by atoms with Crippen molar-refractivity contribution >= 4 is 6.29 Å². The molecule has 13 heavy (non-hydrogen) atoms. The van der Waals surface area contributed by atoms with Crippen LogP contribution in [0.25, 0.3) is 0 Å². The van der Waals surface area contributed by atoms with Crippen molar-refractivity contribution in [2.24, 2.45) is 5.92 Å². The molecule has 0 amide bonds. The zero-order chi connectivity index (χ0) is 9.84. The normalized spacial score (nSPS) is 12.5. The van der Waals surface area contributed by atoms with E-state index in [1.807, 2.05) is 13.8 Å². The summed E-state index contributed by atoms with van der Waals surface area (Å²) in [5.74, 6) is -0.279. The second-order valence-electron chi connectivity index (χ2n) is 3.39. The summed E-state index contributed by atoms with van der Waals surface area (Å²) in [5.41, 5.74) is 1.95. The van der Waals surface area contributed by atoms with Crippen molar-refractivity contribution in [3.05, 3.63) is 35.1 Å². The molecular formula is C11H13FO. The Morgan fingerprint density at radius 2 is 2.23 bits per heavy atom. The van der Waals surface area contributed by atoms with Gasteiger partial charge in [0.1, 0.15) is 12.1 Å². The lowest BCUT2D eigenvalue weighted by Crippen LogP contribution is -2.02. The predicted octanol–water partition coefficient (Wildman–Crippen LogP) is 2.51. The molecule has 0 aliphatic rings. The highest BCUT2D eigenvalue weighted by molar-refractivity contribution is 5.53. The van der Waals surface area contributed by atoms with Gasteiger partial charge in [-0.1, -0.05) is 13.0 Å². The molecule has 0 aliphatic carbocycles. The van der Waals surface area contributed by atoms with E-state index in [1.165, 1.54) is 12.1 Å². The zero-order valence-corrected chi connectivity index (χ0v) is 7.88. The van der Waals surface area contributed by atoms with E-state index < -0.39 is 0 Å². The second kappa shape index (κ2) is 4.17. The van der Waals surface area contributed by atoms with E-state index in [0.717, 1.165) is 17.4 Å². The Morgan fingerprint density at radius 1 is 1.54 bits per heavy atom. The van der Waals surface area contributed by atoms with Gasteiger partial charge in [-0.25, -0.2) is 4.39 Å². The Morgan fingerprint density at radius 3 is 2.85 bits per heavy atom. The van der Waals surface area contributed by atoms with Crippen molar-refractivity contribution in [1.29, 1.82) is 0 Å². The van der Waals surface area contributed by atoms with Crippen molar-refractivity contribution in [1.82, 2.24) is 0 Å². The zero-order valence-electron chi connectivity index (χ0n) is 7.88. The Bertz CT molecular complexity index is 307. The minimum absolute atomic E-state index is 0.0412. The van der Waals surface area contributed by atoms with Crippen molar-refractivity contribution in [3.8, 4) is 0 Å². The fourth-order valence-corrected chi connectivity index (χ4v) is 1.25. The summed E-state index contributed by atoms with van der Waals surface area (Å²) in [6.45, 7) is 3.75. The van der Waals surface area contributed by atoms with Gasteiger partial charge >= 0.3 is 0 Å². The van der Waals surface area contributed by atoms with Crippen molar-refractivity contribution < 1.29 is 9.18 Å². The number of halogens is 1. The van der Waals surface area contributed by atoms with Crippen molar-refractivity contribution in [3.63, 3.8) is 0 Å². The molecule has 0 radical (unpaired) electrons. The van der Waals surface area contributed by atoms with Gasteiger partial charge in [-0.2, -0.15) is 0 Å². The molecule has 0 N–H and O–H groups in total. The molecule has 0 aromatic heterocycles. The van der Waals surface area contributed by atoms with Gasteiger partial charge in [0.05, 0.1) is 0 Å². The monoisotopic (exact) mass is 180 g/mol. The average Bonchev–Trinajstić information content (AvgIpc) is 2.11. The summed E-state index contributed by atoms with van der Waals surface area (Å²) in [6, 6.07) is 4.67. The fraction of sp³-hybridized carbons (Fsp3) is 0.364. The van der Waals surface area contributed by atoms with Crippen LogP contribution in [0.5, 0.6) is 0 Å². The maximum atomic E-state index is 12.8. The topological polar surface area (TPSA) is 17.1 Å². The number of hydrogen-bond donors (Lipinski definition) is 0. The van der Waals surface area contributed by atoms with Crippen molar-refractivity contribution in [2.45, 2.75) is 20.3 Å². The number of carbonyl (C=O) groups excluding carboxylic acids is 1. The molecule has 1 atom stereocenters. The highest BCUT2D eigenvalue weighted by Crippen LogP contribution is 2.13. The van der Waals surface area contributed by atoms with Gasteiger partial charge in [0.25, 0.3) is 0 Å². The van der Waals surface area contributed by atoms with Gasteiger partial charge in [0.2, 0.25) is 0 Å². The number of aryl methyl sites for hydroxylation is 1. The molecule has 0 heterocycles. The first-order chi connectivity index (χ1) is 6.13. The third-order valence-electron chi connectivity index (χ3n) is 2.09. The smallest absolute Gasteiger partial charge is 0.123 e. The number of benzene rings is 1. The van der Waals surface area contributed by atoms with E-state index in [1.54, 1.807) is 6.07 Å². The summed E-state index contributed by atoms with van der Waals surface area (Å²) in [4.78, 5) is 10.4. The van der Waals surface area contributed by atoms with E-state index in [2.05, 4.69) is 0 Å². The van der Waals surface area contributed by atoms with Crippen LogP contribution in [0.4, 0.5) is 4.39 Å². The standard InChI is InChI=1S/C11H13FO/c1-8(7-13)5-10-6-11(12)4-3-9(10)2/h3-4,6-8H,5H2,1-2H3. The van der Waals surface area contributed by atoms with Gasteiger partial charge in [-0.3, -0.25) is 0 Å². The molecule has 0 saturated heterocycles. The minimum atomic E-state index is -0.237. The lowest BCUT2D eigenvalue weighted by Gasteiger charge is -2.07. The second-order valence-corrected chi connectivity index (χ2v) is 3.39. The van der Waals surface area contributed by atoms with E-state index in [4.69, 9.17) is 0 Å². The Hall–Kier alpha value is -1.18. The summed E-state index contributed by atoms with van der Waals surface area (Å²) < 4.78 is 12.8. The van der Waals surface area contributed by atoms with Crippen LogP contribution in [-0.4, -0.2) is 6.29 Å². The number of rotatable bonds is 3. The van der Waals surface area contributed by atoms with Gasteiger partial charge < -0.3 is 4.79 Å². The summed E-state index contributed by atoms with van der Waals surface area (Å²) in [6.07, 6.45) is 1.51. The maximum Gasteiger partial charge on any atom is 0.123 e. The molecule has 0 bridgehead atoms. The average molecular weight is 180 g/mol. The van der Waals surface area contributed by atoms with Gasteiger partial charge in [0.15, 0.2) is 0 Å². The minimum Gasteiger partial charge on any atom is -0.303 e. The van der Waals surface area contributed by atoms with Crippen LogP contribution >= 0.6 is 0 Å². The summed E-state index contributed by atoms with van der Waals surface area (Å²) in [5, 5.41) is 0. The van der Waals surface area contributed by atoms with Crippen molar-refractivity contribution in [2.75, 3.05) is 0 Å². The molecule has 1 nitrogen and oxygen atoms in total. The van der Waals surface area contributed by atoms with Gasteiger partial charge in [-0.15, -0.1) is 0 Å². The van der Waals surface area contributed by atoms with E-state index in [0.29, 0.717) is 6.42 Å². The molecule has 0 spiro atoms. The quantitative estimate of drug-likeness (QED) is 0.653. The van der Waals surface area contributed by atoms with Gasteiger partial charge in [0, 0.05) is 5.92 Å². The molecule has 1 aromatic carbocycles. The lowest BCUT2D eigenvalue weighted by atomic mass is 9.98. The van der Waals surface area contributed by atoms with E-state index >= 15 is 0 Å². The van der Waals surface area contributed by atoms with E-state index in [-0.39, 0.29) is 11.7 Å². The largest absolute Gasteiger partial charge is 0.303 e. The van der Waals surface area contributed by atoms with Crippen LogP contribution < -0.4 is 0 Å². The third kappa shape index (κ3) is 2.65. The Kier molecular flexibility index (Phi) is 3.18. The highest BCUT2D eigenvalue weighted by atomic mass is 19.1. The Balaban J connectivity index is 2.86. The first-order valence-corrected chi connectivity index (χ1v) is 4.34. The lowest BCUT2D eigenvalue weighted by molar-refractivity contribution is -0.110. The van der Waals surface area contributed by atoms with Crippen LogP contribution in [0, 0.1) is 18.7 Å². The molecule has 0 saturated carbocycles. The molecule has 70 valence electrons. The molecule has 0 fully saturated rings. The molecule has 1 rings (SSSR count). The maximum absolute atomic E-state index is 12.8. The summed E-state index contributed by atoms with van der Waals surface area (Å²) >= 11 is 0. The Labute approximate surface area is 77.6 Å². The first-order valence-electron chi connectivity index (χ1n) is 4.34. The van der Waals surface area contributed by atoms with Crippen LogP contribution in [-0.2, 0) is 11.2 Å². The summed E-state index contributed by atoms with van der Waals surface area (Å²) in [7, 11) is 0. The number of aldehydes is 1. The van der Waals surface area contributed by atoms with Crippen LogP contribution in [0.3, 0.4) is 0 Å². The third-order valence-corrected chi connectivity index (χ3v) is 2.09. The first kappa shape index (κ1) is 9.90. The molecule has 1 aromatic rings. The number of hydrogen-bond acceptors (Lipinski definition) is 1. The molecule has 2 heteroatoms. The fourth-order valence-electron chi connectivity index (χ4n) is 1.25. The number of carbonyl (C=O) groups is 1. The molecular weight excluding hydrogens is 167 g/mol. The highest BCUT2D eigenvalue weighted by Gasteiger charge is 2.05. The SMILES string of the molecule is Cc1ccc(F)cc1CC(C)C=O. The van der Waals surface area contributed by atoms with Crippen LogP contribution in [0.1, 0.15) is 18.1 Å². The molecule has 1 unspecified atom stereocenters. The molecule has 0 aliphatic heterocycles. The van der Waals surface area contributed by atoms with E-state index in [9.17, 15) is 9.18 Å². The van der Waals surface area contributed by atoms with Gasteiger partial charge in [-0.05, 0) is 36.6 Å².